The first-order chi connectivity index (χ1) is 18.5. The lowest BCUT2D eigenvalue weighted by Gasteiger charge is -2.23. The van der Waals surface area contributed by atoms with E-state index in [1.807, 2.05) is 26.1 Å². The largest absolute Gasteiger partial charge is 0.481 e. The number of ketones is 1. The van der Waals surface area contributed by atoms with Gasteiger partial charge in [-0.1, -0.05) is 39.0 Å². The number of ether oxygens (including phenoxy) is 1. The van der Waals surface area contributed by atoms with Crippen LogP contribution < -0.4 is 20.7 Å². The van der Waals surface area contributed by atoms with Gasteiger partial charge in [0.05, 0.1) is 6.42 Å². The Morgan fingerprint density at radius 1 is 0.925 bits per heavy atom. The van der Waals surface area contributed by atoms with E-state index in [0.29, 0.717) is 5.69 Å². The number of aliphatic carboxylic acids is 1. The number of hydrogen-bond donors (Lipinski definition) is 4. The third-order valence-corrected chi connectivity index (χ3v) is 5.44. The molecule has 0 unspecified atom stereocenters. The first-order valence-electron chi connectivity index (χ1n) is 11.7. The Morgan fingerprint density at radius 2 is 1.50 bits per heavy atom. The zero-order valence-corrected chi connectivity index (χ0v) is 21.9. The second-order valence-corrected chi connectivity index (χ2v) is 9.66. The predicted molar refractivity (Wildman–Crippen MR) is 132 cm³/mol. The number of anilines is 1. The Balaban J connectivity index is 2.06. The van der Waals surface area contributed by atoms with Crippen LogP contribution in [0.5, 0.6) is 5.75 Å². The lowest BCUT2D eigenvalue weighted by Crippen LogP contribution is -2.53. The molecule has 0 saturated heterocycles. The third kappa shape index (κ3) is 8.25. The van der Waals surface area contributed by atoms with Crippen LogP contribution in [0.2, 0.25) is 0 Å². The molecule has 40 heavy (non-hydrogen) atoms. The molecular weight excluding hydrogens is 542 g/mol. The number of para-hydroxylation sites is 1. The van der Waals surface area contributed by atoms with E-state index in [1.165, 1.54) is 0 Å². The number of hydrogen-bond acceptors (Lipinski definition) is 6. The summed E-state index contributed by atoms with van der Waals surface area (Å²) in [5.74, 6) is -15.2. The molecule has 0 radical (unpaired) electrons. The molecule has 216 valence electrons. The Labute approximate surface area is 226 Å². The predicted octanol–water partition coefficient (Wildman–Crippen LogP) is 2.59. The zero-order chi connectivity index (χ0) is 30.4. The molecule has 0 spiro atoms. The number of carbonyl (C=O) groups excluding carboxylic acids is 4. The lowest BCUT2D eigenvalue weighted by atomic mass is 9.86. The highest BCUT2D eigenvalue weighted by atomic mass is 19.2. The number of nitrogens with one attached hydrogen (secondary N) is 3. The van der Waals surface area contributed by atoms with Crippen LogP contribution in [0.1, 0.15) is 39.7 Å². The van der Waals surface area contributed by atoms with E-state index in [9.17, 15) is 41.5 Å². The molecular formula is C26H27F4N3O7. The van der Waals surface area contributed by atoms with Crippen LogP contribution in [-0.4, -0.2) is 53.3 Å². The van der Waals surface area contributed by atoms with Crippen LogP contribution in [0.3, 0.4) is 0 Å². The summed E-state index contributed by atoms with van der Waals surface area (Å²) in [5, 5.41) is 15.7. The quantitative estimate of drug-likeness (QED) is 0.195. The second-order valence-electron chi connectivity index (χ2n) is 9.66. The number of carboxylic acids is 1. The average molecular weight is 570 g/mol. The topological polar surface area (TPSA) is 151 Å². The van der Waals surface area contributed by atoms with Gasteiger partial charge in [0.2, 0.25) is 17.5 Å². The summed E-state index contributed by atoms with van der Waals surface area (Å²) in [4.78, 5) is 61.0. The number of carbonyl (C=O) groups is 5. The van der Waals surface area contributed by atoms with Crippen LogP contribution in [-0.2, 0) is 29.4 Å². The first kappa shape index (κ1) is 31.7. The zero-order valence-electron chi connectivity index (χ0n) is 21.9. The van der Waals surface area contributed by atoms with Crippen molar-refractivity contribution in [3.8, 4) is 5.75 Å². The highest BCUT2D eigenvalue weighted by Crippen LogP contribution is 2.29. The highest BCUT2D eigenvalue weighted by molar-refractivity contribution is 6.40. The van der Waals surface area contributed by atoms with Crippen LogP contribution in [0.15, 0.2) is 30.3 Å². The van der Waals surface area contributed by atoms with Gasteiger partial charge in [0, 0.05) is 11.8 Å². The summed E-state index contributed by atoms with van der Waals surface area (Å²) < 4.78 is 58.8. The van der Waals surface area contributed by atoms with Crippen LogP contribution in [0, 0.1) is 23.3 Å². The highest BCUT2D eigenvalue weighted by Gasteiger charge is 2.29. The van der Waals surface area contributed by atoms with E-state index in [1.54, 1.807) is 24.3 Å². The molecule has 0 aliphatic carbocycles. The first-order valence-corrected chi connectivity index (χ1v) is 11.7. The van der Waals surface area contributed by atoms with Crippen molar-refractivity contribution in [3.63, 3.8) is 0 Å². The van der Waals surface area contributed by atoms with Gasteiger partial charge in [-0.15, -0.1) is 0 Å². The van der Waals surface area contributed by atoms with E-state index >= 15 is 0 Å². The molecule has 2 atom stereocenters. The maximum atomic E-state index is 13.8. The van der Waals surface area contributed by atoms with Crippen molar-refractivity contribution >= 4 is 35.2 Å². The normalized spacial score (nSPS) is 12.6. The molecule has 10 nitrogen and oxygen atoms in total. The number of amides is 3. The number of carboxylic acid groups (broad SMARTS) is 1. The second kappa shape index (κ2) is 13.0. The SMILES string of the molecule is C[C@@H](NC(=O)C(=O)Nc1ccccc1C(C)(C)C)C(=O)N[C@H](CC(=O)O)C(=O)COc1c(F)c(F)cc(F)c1F. The van der Waals surface area contributed by atoms with Crippen molar-refractivity contribution < 1.29 is 51.4 Å². The number of benzene rings is 2. The van der Waals surface area contributed by atoms with Gasteiger partial charge in [-0.05, 0) is 24.0 Å². The van der Waals surface area contributed by atoms with Gasteiger partial charge in [-0.25, -0.2) is 8.78 Å². The minimum Gasteiger partial charge on any atom is -0.481 e. The molecule has 2 rings (SSSR count). The van der Waals surface area contributed by atoms with Crippen LogP contribution >= 0.6 is 0 Å². The Bertz CT molecular complexity index is 1300. The molecule has 3 amide bonds. The Kier molecular flexibility index (Phi) is 10.3. The van der Waals surface area contributed by atoms with Crippen LogP contribution in [0.25, 0.3) is 0 Å². The Hall–Kier alpha value is -4.49. The average Bonchev–Trinajstić information content (AvgIpc) is 2.86. The van der Waals surface area contributed by atoms with Gasteiger partial charge >= 0.3 is 17.8 Å². The third-order valence-electron chi connectivity index (χ3n) is 5.44. The van der Waals surface area contributed by atoms with E-state index in [0.717, 1.165) is 12.5 Å². The fourth-order valence-corrected chi connectivity index (χ4v) is 3.39. The van der Waals surface area contributed by atoms with Crippen molar-refractivity contribution in [1.82, 2.24) is 10.6 Å². The molecule has 4 N–H and O–H groups in total. The fourth-order valence-electron chi connectivity index (χ4n) is 3.39. The minimum absolute atomic E-state index is 0.0773. The van der Waals surface area contributed by atoms with Crippen molar-refractivity contribution in [2.45, 2.75) is 51.6 Å². The van der Waals surface area contributed by atoms with E-state index < -0.39 is 83.6 Å². The van der Waals surface area contributed by atoms with Gasteiger partial charge < -0.3 is 25.8 Å². The molecule has 14 heteroatoms. The van der Waals surface area contributed by atoms with E-state index in [-0.39, 0.29) is 11.5 Å². The summed E-state index contributed by atoms with van der Waals surface area (Å²) in [6, 6.07) is 3.39. The number of halogens is 4. The van der Waals surface area contributed by atoms with E-state index in [4.69, 9.17) is 5.11 Å². The maximum absolute atomic E-state index is 13.8. The summed E-state index contributed by atoms with van der Waals surface area (Å²) >= 11 is 0. The molecule has 0 heterocycles. The smallest absolute Gasteiger partial charge is 0.313 e. The minimum atomic E-state index is -1.93. The summed E-state index contributed by atoms with van der Waals surface area (Å²) in [6.45, 7) is 5.56. The van der Waals surface area contributed by atoms with Gasteiger partial charge in [0.25, 0.3) is 0 Å². The Morgan fingerprint density at radius 3 is 2.05 bits per heavy atom. The van der Waals surface area contributed by atoms with E-state index in [2.05, 4.69) is 15.4 Å². The number of Topliss-reactive ketones (excluding diaryl/α,β-unsaturated/α-hetero) is 1. The van der Waals surface area contributed by atoms with Crippen molar-refractivity contribution in [3.05, 3.63) is 59.2 Å². The van der Waals surface area contributed by atoms with Gasteiger partial charge in [0.15, 0.2) is 23.2 Å². The summed E-state index contributed by atoms with van der Waals surface area (Å²) in [6.07, 6.45) is -1.01. The summed E-state index contributed by atoms with van der Waals surface area (Å²) in [7, 11) is 0. The van der Waals surface area contributed by atoms with Gasteiger partial charge in [-0.2, -0.15) is 8.78 Å². The van der Waals surface area contributed by atoms with Crippen molar-refractivity contribution in [1.29, 1.82) is 0 Å². The maximum Gasteiger partial charge on any atom is 0.313 e. The standard InChI is InChI=1S/C26H27F4N3O7/c1-12(31-24(38)25(39)32-16-8-6-5-7-13(16)26(2,3)4)23(37)33-17(10-19(35)36)18(34)11-40-22-20(29)14(27)9-15(28)21(22)30/h5-9,12,17H,10-11H2,1-4H3,(H,31,38)(H,32,39)(H,33,37)(H,35,36)/t12-,17-/m1/s1. The molecule has 2 aromatic rings. The lowest BCUT2D eigenvalue weighted by molar-refractivity contribution is -0.141. The molecule has 0 aromatic heterocycles. The monoisotopic (exact) mass is 569 g/mol. The van der Waals surface area contributed by atoms with Gasteiger partial charge in [-0.3, -0.25) is 24.0 Å². The van der Waals surface area contributed by atoms with Crippen LogP contribution in [0.4, 0.5) is 23.2 Å². The summed E-state index contributed by atoms with van der Waals surface area (Å²) in [5.41, 5.74) is 0.730. The number of rotatable bonds is 10. The molecule has 2 aromatic carbocycles. The van der Waals surface area contributed by atoms with Crippen molar-refractivity contribution in [2.75, 3.05) is 11.9 Å². The molecule has 0 bridgehead atoms. The van der Waals surface area contributed by atoms with Crippen molar-refractivity contribution in [2.24, 2.45) is 0 Å². The molecule has 0 aliphatic rings. The molecule has 0 fully saturated rings. The fraction of sp³-hybridized carbons (Fsp3) is 0.346. The molecule has 0 saturated carbocycles. The van der Waals surface area contributed by atoms with Gasteiger partial charge in [0.1, 0.15) is 18.7 Å². The molecule has 0 aliphatic heterocycles.